The average molecular weight is 453 g/mol. The number of rotatable bonds is 6. The molecule has 0 saturated carbocycles. The van der Waals surface area contributed by atoms with Crippen molar-refractivity contribution in [1.29, 1.82) is 0 Å². The SMILES string of the molecule is C=C(C)C(=O)O[C@H]1C/C(C)=C/C(=O)/C=C(/C)C(OC(=O)c2ccccc2)CC1C(=C)C(=O)O. The smallest absolute Gasteiger partial charge is 0.338 e. The molecule has 3 atom stereocenters. The van der Waals surface area contributed by atoms with Crippen LogP contribution in [-0.2, 0) is 23.9 Å². The van der Waals surface area contributed by atoms with Gasteiger partial charge >= 0.3 is 17.9 Å². The Kier molecular flexibility index (Phi) is 8.68. The number of carbonyl (C=O) groups excluding carboxylic acids is 3. The Balaban J connectivity index is 2.51. The van der Waals surface area contributed by atoms with Crippen LogP contribution in [0.1, 0.15) is 44.0 Å². The third-order valence-corrected chi connectivity index (χ3v) is 5.29. The number of allylic oxidation sites excluding steroid dienone is 2. The fourth-order valence-corrected chi connectivity index (χ4v) is 3.49. The lowest BCUT2D eigenvalue weighted by Crippen LogP contribution is -2.35. The summed E-state index contributed by atoms with van der Waals surface area (Å²) < 4.78 is 11.3. The molecule has 0 heterocycles. The van der Waals surface area contributed by atoms with Gasteiger partial charge in [0.1, 0.15) is 12.2 Å². The zero-order valence-corrected chi connectivity index (χ0v) is 19.0. The van der Waals surface area contributed by atoms with E-state index in [1.165, 1.54) is 19.1 Å². The van der Waals surface area contributed by atoms with Crippen molar-refractivity contribution in [3.8, 4) is 0 Å². The normalized spacial score (nSPS) is 24.3. The summed E-state index contributed by atoms with van der Waals surface area (Å²) in [5.74, 6) is -3.78. The summed E-state index contributed by atoms with van der Waals surface area (Å²) >= 11 is 0. The average Bonchev–Trinajstić information content (AvgIpc) is 2.75. The first-order chi connectivity index (χ1) is 15.5. The van der Waals surface area contributed by atoms with E-state index < -0.39 is 36.0 Å². The van der Waals surface area contributed by atoms with Gasteiger partial charge in [-0.2, -0.15) is 0 Å². The van der Waals surface area contributed by atoms with Gasteiger partial charge in [0.05, 0.1) is 5.56 Å². The molecule has 0 spiro atoms. The highest BCUT2D eigenvalue weighted by Gasteiger charge is 2.35. The molecule has 0 aliphatic heterocycles. The monoisotopic (exact) mass is 452 g/mol. The first-order valence-corrected chi connectivity index (χ1v) is 10.4. The summed E-state index contributed by atoms with van der Waals surface area (Å²) in [6.07, 6.45) is 0.904. The van der Waals surface area contributed by atoms with E-state index in [9.17, 15) is 24.3 Å². The lowest BCUT2D eigenvalue weighted by atomic mass is 9.83. The molecule has 0 radical (unpaired) electrons. The maximum Gasteiger partial charge on any atom is 0.338 e. The van der Waals surface area contributed by atoms with Gasteiger partial charge in [0.25, 0.3) is 0 Å². The molecule has 0 aromatic heterocycles. The van der Waals surface area contributed by atoms with E-state index in [0.29, 0.717) is 16.7 Å². The third kappa shape index (κ3) is 7.14. The van der Waals surface area contributed by atoms with Gasteiger partial charge in [-0.05, 0) is 57.0 Å². The number of carboxylic acids is 1. The molecule has 0 fully saturated rings. The second-order valence-electron chi connectivity index (χ2n) is 8.14. The molecule has 174 valence electrons. The van der Waals surface area contributed by atoms with Gasteiger partial charge in [-0.3, -0.25) is 4.79 Å². The molecule has 2 unspecified atom stereocenters. The van der Waals surface area contributed by atoms with Crippen molar-refractivity contribution in [2.75, 3.05) is 0 Å². The molecule has 2 rings (SSSR count). The Morgan fingerprint density at radius 1 is 1.03 bits per heavy atom. The minimum atomic E-state index is -1.26. The number of ketones is 1. The standard InChI is InChI=1S/C26H28O7/c1-15(2)25(30)33-23-12-16(3)11-20(27)13-17(4)22(14-21(23)18(5)24(28)29)32-26(31)19-9-7-6-8-10-19/h6-11,13,21-23H,1,5,12,14H2,2-4H3,(H,28,29)/b16-11+,17-13-/t21?,22?,23-/m0/s1. The van der Waals surface area contributed by atoms with Crippen LogP contribution in [0.4, 0.5) is 0 Å². The van der Waals surface area contributed by atoms with Crippen LogP contribution in [0.15, 0.2) is 77.9 Å². The van der Waals surface area contributed by atoms with Crippen molar-refractivity contribution in [2.24, 2.45) is 5.92 Å². The number of ether oxygens (including phenoxy) is 2. The number of hydrogen-bond acceptors (Lipinski definition) is 6. The Bertz CT molecular complexity index is 1030. The number of hydrogen-bond donors (Lipinski definition) is 1. The molecule has 1 aromatic carbocycles. The first-order valence-electron chi connectivity index (χ1n) is 10.4. The zero-order chi connectivity index (χ0) is 24.7. The quantitative estimate of drug-likeness (QED) is 0.509. The van der Waals surface area contributed by atoms with Crippen molar-refractivity contribution in [1.82, 2.24) is 0 Å². The number of esters is 2. The van der Waals surface area contributed by atoms with Crippen molar-refractivity contribution in [3.63, 3.8) is 0 Å². The van der Waals surface area contributed by atoms with Crippen molar-refractivity contribution in [2.45, 2.75) is 45.8 Å². The summed E-state index contributed by atoms with van der Waals surface area (Å²) in [6, 6.07) is 8.30. The lowest BCUT2D eigenvalue weighted by Gasteiger charge is -2.31. The molecule has 1 aliphatic carbocycles. The summed E-state index contributed by atoms with van der Waals surface area (Å²) in [4.78, 5) is 49.3. The van der Waals surface area contributed by atoms with Gasteiger partial charge in [0, 0.05) is 23.5 Å². The molecule has 1 aliphatic rings. The Labute approximate surface area is 193 Å². The predicted molar refractivity (Wildman–Crippen MR) is 122 cm³/mol. The van der Waals surface area contributed by atoms with Gasteiger partial charge in [-0.25, -0.2) is 14.4 Å². The molecule has 0 amide bonds. The van der Waals surface area contributed by atoms with Crippen LogP contribution in [0.2, 0.25) is 0 Å². The Hall–Kier alpha value is -3.74. The van der Waals surface area contributed by atoms with Gasteiger partial charge in [-0.1, -0.05) is 36.9 Å². The molecule has 7 heteroatoms. The van der Waals surface area contributed by atoms with Gasteiger partial charge in [0.2, 0.25) is 0 Å². The van der Waals surface area contributed by atoms with E-state index in [2.05, 4.69) is 13.2 Å². The minimum Gasteiger partial charge on any atom is -0.478 e. The predicted octanol–water partition coefficient (Wildman–Crippen LogP) is 4.21. The van der Waals surface area contributed by atoms with E-state index in [4.69, 9.17) is 9.47 Å². The molecule has 1 N–H and O–H groups in total. The van der Waals surface area contributed by atoms with Crippen molar-refractivity contribution in [3.05, 3.63) is 83.5 Å². The highest BCUT2D eigenvalue weighted by molar-refractivity contribution is 6.00. The second-order valence-corrected chi connectivity index (χ2v) is 8.14. The number of carbonyl (C=O) groups is 4. The van der Waals surface area contributed by atoms with E-state index in [1.807, 2.05) is 0 Å². The van der Waals surface area contributed by atoms with Crippen LogP contribution in [0.25, 0.3) is 0 Å². The van der Waals surface area contributed by atoms with E-state index in [0.717, 1.165) is 0 Å². The van der Waals surface area contributed by atoms with Crippen molar-refractivity contribution < 1.29 is 33.8 Å². The number of aliphatic carboxylic acids is 1. The van der Waals surface area contributed by atoms with Gasteiger partial charge < -0.3 is 14.6 Å². The summed E-state index contributed by atoms with van der Waals surface area (Å²) in [5, 5.41) is 9.65. The summed E-state index contributed by atoms with van der Waals surface area (Å²) in [7, 11) is 0. The van der Waals surface area contributed by atoms with Crippen LogP contribution in [0, 0.1) is 5.92 Å². The zero-order valence-electron chi connectivity index (χ0n) is 19.0. The van der Waals surface area contributed by atoms with E-state index >= 15 is 0 Å². The number of benzene rings is 1. The highest BCUT2D eigenvalue weighted by Crippen LogP contribution is 2.32. The van der Waals surface area contributed by atoms with Gasteiger partial charge in [0.15, 0.2) is 5.78 Å². The minimum absolute atomic E-state index is 0.0409. The lowest BCUT2D eigenvalue weighted by molar-refractivity contribution is -0.148. The number of carboxylic acid groups (broad SMARTS) is 1. The molecule has 1 aromatic rings. The maximum atomic E-state index is 12.7. The van der Waals surface area contributed by atoms with Gasteiger partial charge in [-0.15, -0.1) is 0 Å². The first kappa shape index (κ1) is 25.5. The summed E-state index contributed by atoms with van der Waals surface area (Å²) in [6.45, 7) is 12.1. The van der Waals surface area contributed by atoms with Crippen LogP contribution >= 0.6 is 0 Å². The fourth-order valence-electron chi connectivity index (χ4n) is 3.49. The molecule has 0 saturated heterocycles. The van der Waals surface area contributed by atoms with Crippen LogP contribution in [0.5, 0.6) is 0 Å². The summed E-state index contributed by atoms with van der Waals surface area (Å²) in [5.41, 5.74) is 1.30. The molecular formula is C26H28O7. The maximum absolute atomic E-state index is 12.7. The Morgan fingerprint density at radius 3 is 2.24 bits per heavy atom. The fraction of sp³-hybridized carbons (Fsp3) is 0.308. The highest BCUT2D eigenvalue weighted by atomic mass is 16.6. The second kappa shape index (κ2) is 11.2. The van der Waals surface area contributed by atoms with E-state index in [-0.39, 0.29) is 29.8 Å². The van der Waals surface area contributed by atoms with Crippen LogP contribution < -0.4 is 0 Å². The molecule has 7 nitrogen and oxygen atoms in total. The third-order valence-electron chi connectivity index (χ3n) is 5.29. The molecule has 33 heavy (non-hydrogen) atoms. The largest absolute Gasteiger partial charge is 0.478 e. The van der Waals surface area contributed by atoms with Crippen LogP contribution in [0.3, 0.4) is 0 Å². The Morgan fingerprint density at radius 2 is 1.67 bits per heavy atom. The van der Waals surface area contributed by atoms with E-state index in [1.54, 1.807) is 44.2 Å². The molecular weight excluding hydrogens is 424 g/mol. The van der Waals surface area contributed by atoms with Crippen molar-refractivity contribution >= 4 is 23.7 Å². The topological polar surface area (TPSA) is 107 Å². The van der Waals surface area contributed by atoms with Crippen LogP contribution in [-0.4, -0.2) is 41.0 Å². The molecule has 0 bridgehead atoms.